The van der Waals surface area contributed by atoms with Gasteiger partial charge in [0.15, 0.2) is 0 Å². The molecule has 39 heavy (non-hydrogen) atoms. The molecule has 0 atom stereocenters. The average Bonchev–Trinajstić information content (AvgIpc) is 2.93. The van der Waals surface area contributed by atoms with Crippen molar-refractivity contribution >= 4 is 54.8 Å². The summed E-state index contributed by atoms with van der Waals surface area (Å²) in [5, 5.41) is 2.22. The summed E-state index contributed by atoms with van der Waals surface area (Å²) in [4.78, 5) is 14.9. The number of benzene rings is 3. The van der Waals surface area contributed by atoms with E-state index in [1.54, 1.807) is 0 Å². The van der Waals surface area contributed by atoms with Crippen LogP contribution >= 0.6 is 20.2 Å². The van der Waals surface area contributed by atoms with Crippen molar-refractivity contribution < 1.29 is 13.1 Å². The molecule has 3 aromatic carbocycles. The molecular weight excluding hydrogens is 565 g/mol. The van der Waals surface area contributed by atoms with Crippen molar-refractivity contribution in [3.8, 4) is 0 Å². The number of aromatic nitrogens is 1. The molecule has 0 aliphatic heterocycles. The van der Waals surface area contributed by atoms with Crippen LogP contribution in [0.1, 0.15) is 67.0 Å². The van der Waals surface area contributed by atoms with Crippen LogP contribution in [-0.2, 0) is 13.1 Å². The monoisotopic (exact) mass is 601 g/mol. The van der Waals surface area contributed by atoms with Gasteiger partial charge in [0.25, 0.3) is 0 Å². The van der Waals surface area contributed by atoms with E-state index in [0.29, 0.717) is 0 Å². The SMILES string of the molecule is Cc1c(C)c(C)c(N=Cc2cc3ccccc3c(C=Nc3c(C)c(C)c(C)c(C)c3C)n2)c(C)c1C.[Cl][Fe][Cl]. The third-order valence-electron chi connectivity index (χ3n) is 8.35. The van der Waals surface area contributed by atoms with Gasteiger partial charge in [-0.15, -0.1) is 0 Å². The zero-order valence-corrected chi connectivity index (χ0v) is 27.1. The number of halogens is 2. The molecule has 3 nitrogen and oxygen atoms in total. The molecule has 4 rings (SSSR count). The van der Waals surface area contributed by atoms with Gasteiger partial charge in [-0.2, -0.15) is 0 Å². The molecule has 4 aromatic rings. The molecule has 0 saturated carbocycles. The van der Waals surface area contributed by atoms with E-state index < -0.39 is 0 Å². The number of fused-ring (bicyclic) bond motifs is 1. The van der Waals surface area contributed by atoms with Crippen molar-refractivity contribution in [2.24, 2.45) is 9.98 Å². The van der Waals surface area contributed by atoms with Gasteiger partial charge in [0.2, 0.25) is 0 Å². The van der Waals surface area contributed by atoms with Crippen molar-refractivity contribution in [1.82, 2.24) is 4.98 Å². The van der Waals surface area contributed by atoms with Gasteiger partial charge in [0, 0.05) is 5.39 Å². The predicted molar refractivity (Wildman–Crippen MR) is 168 cm³/mol. The Morgan fingerprint density at radius 1 is 0.590 bits per heavy atom. The second kappa shape index (κ2) is 13.2. The van der Waals surface area contributed by atoms with Crippen LogP contribution in [0.25, 0.3) is 10.8 Å². The molecule has 0 bridgehead atoms. The molecule has 6 heteroatoms. The number of rotatable bonds is 4. The van der Waals surface area contributed by atoms with Crippen molar-refractivity contribution in [1.29, 1.82) is 0 Å². The Balaban J connectivity index is 0.00000134. The second-order valence-corrected chi connectivity index (χ2v) is 12.0. The number of aliphatic imine (C=N–C) groups is 2. The van der Waals surface area contributed by atoms with Crippen LogP contribution < -0.4 is 0 Å². The number of hydrogen-bond acceptors (Lipinski definition) is 3. The van der Waals surface area contributed by atoms with E-state index in [2.05, 4.69) is 99.6 Å². The third kappa shape index (κ3) is 6.47. The summed E-state index contributed by atoms with van der Waals surface area (Å²) in [7, 11) is 9.53. The fourth-order valence-electron chi connectivity index (χ4n) is 5.02. The molecule has 0 saturated heterocycles. The Hall–Kier alpha value is -2.49. The van der Waals surface area contributed by atoms with E-state index in [0.717, 1.165) is 33.5 Å². The molecule has 0 fully saturated rings. The zero-order chi connectivity index (χ0) is 29.0. The first-order valence-corrected chi connectivity index (χ1v) is 15.9. The molecule has 0 radical (unpaired) electrons. The summed E-state index contributed by atoms with van der Waals surface area (Å²) in [6.07, 6.45) is 3.81. The molecule has 0 unspecified atom stereocenters. The Kier molecular flexibility index (Phi) is 10.5. The van der Waals surface area contributed by atoms with Gasteiger partial charge in [-0.3, -0.25) is 9.98 Å². The quantitative estimate of drug-likeness (QED) is 0.169. The Morgan fingerprint density at radius 2 is 0.974 bits per heavy atom. The van der Waals surface area contributed by atoms with E-state index in [1.807, 2.05) is 12.4 Å². The summed E-state index contributed by atoms with van der Waals surface area (Å²) in [5.41, 5.74) is 16.6. The average molecular weight is 602 g/mol. The second-order valence-electron chi connectivity index (χ2n) is 10.2. The number of hydrogen-bond donors (Lipinski definition) is 0. The van der Waals surface area contributed by atoms with Crippen molar-refractivity contribution in [3.05, 3.63) is 97.4 Å². The van der Waals surface area contributed by atoms with Gasteiger partial charge < -0.3 is 0 Å². The van der Waals surface area contributed by atoms with Gasteiger partial charge in [-0.1, -0.05) is 24.3 Å². The Labute approximate surface area is 248 Å². The molecule has 0 aliphatic rings. The van der Waals surface area contributed by atoms with Crippen LogP contribution in [0.4, 0.5) is 11.4 Å². The van der Waals surface area contributed by atoms with E-state index in [9.17, 15) is 0 Å². The van der Waals surface area contributed by atoms with E-state index >= 15 is 0 Å². The predicted octanol–water partition coefficient (Wildman–Crippen LogP) is 10.2. The molecule has 1 aromatic heterocycles. The molecule has 0 N–H and O–H groups in total. The minimum atomic E-state index is 0.194. The van der Waals surface area contributed by atoms with Gasteiger partial charge in [0.1, 0.15) is 0 Å². The molecule has 206 valence electrons. The first-order valence-electron chi connectivity index (χ1n) is 12.9. The van der Waals surface area contributed by atoms with Crippen LogP contribution in [0.15, 0.2) is 40.3 Å². The molecular formula is C33H37Cl2FeN3. The van der Waals surface area contributed by atoms with Gasteiger partial charge in [0.05, 0.1) is 35.2 Å². The van der Waals surface area contributed by atoms with Crippen molar-refractivity contribution in [2.45, 2.75) is 69.2 Å². The fraction of sp³-hybridized carbons (Fsp3) is 0.303. The van der Waals surface area contributed by atoms with E-state index in [4.69, 9.17) is 35.2 Å². The van der Waals surface area contributed by atoms with Crippen LogP contribution in [0.2, 0.25) is 0 Å². The molecule has 1 heterocycles. The first kappa shape index (κ1) is 31.0. The Bertz CT molecular complexity index is 1550. The number of pyridine rings is 1. The van der Waals surface area contributed by atoms with E-state index in [1.165, 1.54) is 55.6 Å². The zero-order valence-electron chi connectivity index (χ0n) is 24.5. The van der Waals surface area contributed by atoms with E-state index in [-0.39, 0.29) is 13.1 Å². The summed E-state index contributed by atoms with van der Waals surface area (Å²) in [5.74, 6) is 0. The summed E-state index contributed by atoms with van der Waals surface area (Å²) in [6.45, 7) is 21.7. The molecule has 0 spiro atoms. The summed E-state index contributed by atoms with van der Waals surface area (Å²) < 4.78 is 0. The maximum atomic E-state index is 4.98. The van der Waals surface area contributed by atoms with Crippen LogP contribution in [0.5, 0.6) is 0 Å². The van der Waals surface area contributed by atoms with Crippen LogP contribution in [-0.4, -0.2) is 17.4 Å². The van der Waals surface area contributed by atoms with Crippen LogP contribution in [0.3, 0.4) is 0 Å². The maximum absolute atomic E-state index is 4.98. The normalized spacial score (nSPS) is 11.6. The fourth-order valence-corrected chi connectivity index (χ4v) is 5.02. The van der Waals surface area contributed by atoms with Gasteiger partial charge >= 0.3 is 33.3 Å². The van der Waals surface area contributed by atoms with Crippen molar-refractivity contribution in [2.75, 3.05) is 0 Å². The molecule has 0 amide bonds. The standard InChI is InChI=1S/C33H37N3.2ClH.Fe/c1-18-20(3)24(7)32(25(8)21(18)4)34-16-29-15-28-13-11-12-14-30(28)31(36-29)17-35-33-26(9)22(5)19(2)23(6)27(33)10;;;/h11-17H,1-10H3;2*1H;/q;;;+2/p-2. The van der Waals surface area contributed by atoms with Crippen LogP contribution in [0, 0.1) is 69.2 Å². The van der Waals surface area contributed by atoms with Gasteiger partial charge in [-0.05, 0) is 136 Å². The first-order chi connectivity index (χ1) is 18.4. The summed E-state index contributed by atoms with van der Waals surface area (Å²) in [6, 6.07) is 10.4. The van der Waals surface area contributed by atoms with Gasteiger partial charge in [-0.25, -0.2) is 4.98 Å². The topological polar surface area (TPSA) is 37.6 Å². The minimum absolute atomic E-state index is 0.194. The van der Waals surface area contributed by atoms with Crippen molar-refractivity contribution in [3.63, 3.8) is 0 Å². The Morgan fingerprint density at radius 3 is 1.44 bits per heavy atom. The summed E-state index contributed by atoms with van der Waals surface area (Å²) >= 11 is 0.194. The number of nitrogens with zero attached hydrogens (tertiary/aromatic N) is 3. The third-order valence-corrected chi connectivity index (χ3v) is 8.35. The molecule has 0 aliphatic carbocycles.